The molecule has 0 heterocycles. The van der Waals surface area contributed by atoms with Crippen LogP contribution in [0.15, 0.2) is 48.5 Å². The molecule has 0 aliphatic carbocycles. The summed E-state index contributed by atoms with van der Waals surface area (Å²) >= 11 is 5.83. The first-order valence-corrected chi connectivity index (χ1v) is 6.96. The molecule has 4 nitrogen and oxygen atoms in total. The number of hydrogen-bond donors (Lipinski definition) is 1. The number of aryl methyl sites for hydroxylation is 1. The third kappa shape index (κ3) is 3.51. The minimum atomic E-state index is -1.12. The van der Waals surface area contributed by atoms with Gasteiger partial charge in [-0.25, -0.2) is 0 Å². The maximum absolute atomic E-state index is 12.2. The van der Waals surface area contributed by atoms with E-state index in [4.69, 9.17) is 11.6 Å². The van der Waals surface area contributed by atoms with Gasteiger partial charge in [0.15, 0.2) is 0 Å². The minimum absolute atomic E-state index is 0.410. The van der Waals surface area contributed by atoms with Gasteiger partial charge in [-0.05, 0) is 36.2 Å². The van der Waals surface area contributed by atoms with Crippen LogP contribution < -0.4 is 5.32 Å². The van der Waals surface area contributed by atoms with Crippen LogP contribution in [-0.4, -0.2) is 11.7 Å². The van der Waals surface area contributed by atoms with Crippen LogP contribution in [0.3, 0.4) is 0 Å². The van der Waals surface area contributed by atoms with Gasteiger partial charge in [-0.1, -0.05) is 41.9 Å². The van der Waals surface area contributed by atoms with Crippen molar-refractivity contribution in [3.8, 4) is 6.07 Å². The maximum Gasteiger partial charge on any atom is 0.293 e. The lowest BCUT2D eigenvalue weighted by Gasteiger charge is -2.11. The van der Waals surface area contributed by atoms with Crippen LogP contribution in [0.25, 0.3) is 0 Å². The largest absolute Gasteiger partial charge is 0.319 e. The van der Waals surface area contributed by atoms with Crippen LogP contribution in [0, 0.1) is 18.3 Å². The standard InChI is InChI=1S/C17H13ClN2O2/c1-11-5-2-3-8-14(11)15(10-19)16(21)17(22)20-13-7-4-6-12(18)9-13/h2-9,15H,1H3,(H,20,22)/t15-/m1/s1. The minimum Gasteiger partial charge on any atom is -0.319 e. The summed E-state index contributed by atoms with van der Waals surface area (Å²) < 4.78 is 0. The van der Waals surface area contributed by atoms with E-state index in [9.17, 15) is 14.9 Å². The fraction of sp³-hybridized carbons (Fsp3) is 0.118. The van der Waals surface area contributed by atoms with Crippen molar-refractivity contribution in [2.75, 3.05) is 5.32 Å². The SMILES string of the molecule is Cc1ccccc1[C@@H](C#N)C(=O)C(=O)Nc1cccc(Cl)c1. The Morgan fingerprint density at radius 2 is 1.91 bits per heavy atom. The molecule has 2 rings (SSSR count). The lowest BCUT2D eigenvalue weighted by molar-refractivity contribution is -0.135. The third-order valence-electron chi connectivity index (χ3n) is 3.20. The van der Waals surface area contributed by atoms with E-state index in [1.807, 2.05) is 12.1 Å². The summed E-state index contributed by atoms with van der Waals surface area (Å²) in [5.41, 5.74) is 1.74. The Morgan fingerprint density at radius 3 is 2.55 bits per heavy atom. The van der Waals surface area contributed by atoms with Crippen LogP contribution in [-0.2, 0) is 9.59 Å². The predicted octanol–water partition coefficient (Wildman–Crippen LogP) is 3.46. The first kappa shape index (κ1) is 15.7. The van der Waals surface area contributed by atoms with Gasteiger partial charge in [-0.15, -0.1) is 0 Å². The number of carbonyl (C=O) groups excluding carboxylic acids is 2. The second-order valence-electron chi connectivity index (χ2n) is 4.75. The number of nitrogens with one attached hydrogen (secondary N) is 1. The molecule has 0 radical (unpaired) electrons. The zero-order valence-electron chi connectivity index (χ0n) is 11.8. The molecule has 0 fully saturated rings. The first-order valence-electron chi connectivity index (χ1n) is 6.59. The van der Waals surface area contributed by atoms with Gasteiger partial charge in [0.2, 0.25) is 5.78 Å². The van der Waals surface area contributed by atoms with Crippen LogP contribution in [0.5, 0.6) is 0 Å². The molecule has 2 aromatic rings. The number of Topliss-reactive ketones (excluding diaryl/α,β-unsaturated/α-hetero) is 1. The summed E-state index contributed by atoms with van der Waals surface area (Å²) in [6, 6.07) is 15.4. The molecule has 0 bridgehead atoms. The summed E-state index contributed by atoms with van der Waals surface area (Å²) in [6.45, 7) is 1.79. The van der Waals surface area contributed by atoms with E-state index in [1.54, 1.807) is 43.3 Å². The molecule has 1 amide bonds. The summed E-state index contributed by atoms with van der Waals surface area (Å²) in [5.74, 6) is -2.76. The Hall–Kier alpha value is -2.64. The van der Waals surface area contributed by atoms with E-state index >= 15 is 0 Å². The molecule has 5 heteroatoms. The zero-order chi connectivity index (χ0) is 16.1. The molecule has 1 N–H and O–H groups in total. The fourth-order valence-corrected chi connectivity index (χ4v) is 2.26. The van der Waals surface area contributed by atoms with Crippen LogP contribution >= 0.6 is 11.6 Å². The van der Waals surface area contributed by atoms with E-state index in [-0.39, 0.29) is 0 Å². The van der Waals surface area contributed by atoms with E-state index in [0.717, 1.165) is 5.56 Å². The average Bonchev–Trinajstić information content (AvgIpc) is 2.49. The van der Waals surface area contributed by atoms with E-state index < -0.39 is 17.6 Å². The van der Waals surface area contributed by atoms with Gasteiger partial charge in [0, 0.05) is 10.7 Å². The quantitative estimate of drug-likeness (QED) is 0.879. The smallest absolute Gasteiger partial charge is 0.293 e. The molecule has 0 aliphatic heterocycles. The number of benzene rings is 2. The van der Waals surface area contributed by atoms with Crippen molar-refractivity contribution in [2.24, 2.45) is 0 Å². The zero-order valence-corrected chi connectivity index (χ0v) is 12.6. The first-order chi connectivity index (χ1) is 10.5. The Kier molecular flexibility index (Phi) is 4.92. The third-order valence-corrected chi connectivity index (χ3v) is 3.43. The van der Waals surface area contributed by atoms with Crippen molar-refractivity contribution in [1.82, 2.24) is 0 Å². The van der Waals surface area contributed by atoms with Crippen molar-refractivity contribution in [3.05, 3.63) is 64.7 Å². The van der Waals surface area contributed by atoms with Gasteiger partial charge < -0.3 is 5.32 Å². The van der Waals surface area contributed by atoms with E-state index in [2.05, 4.69) is 5.32 Å². The number of amides is 1. The molecule has 2 aromatic carbocycles. The topological polar surface area (TPSA) is 70.0 Å². The van der Waals surface area contributed by atoms with Crippen LogP contribution in [0.1, 0.15) is 17.0 Å². The summed E-state index contributed by atoms with van der Waals surface area (Å²) in [6.07, 6.45) is 0. The van der Waals surface area contributed by atoms with Gasteiger partial charge in [0.25, 0.3) is 5.91 Å². The predicted molar refractivity (Wildman–Crippen MR) is 84.6 cm³/mol. The molecule has 110 valence electrons. The molecule has 0 unspecified atom stereocenters. The normalized spacial score (nSPS) is 11.3. The number of nitrogens with zero attached hydrogens (tertiary/aromatic N) is 1. The molecule has 22 heavy (non-hydrogen) atoms. The summed E-state index contributed by atoms with van der Waals surface area (Å²) in [4.78, 5) is 24.3. The average molecular weight is 313 g/mol. The van der Waals surface area contributed by atoms with Crippen molar-refractivity contribution < 1.29 is 9.59 Å². The van der Waals surface area contributed by atoms with Crippen molar-refractivity contribution in [2.45, 2.75) is 12.8 Å². The summed E-state index contributed by atoms with van der Waals surface area (Å²) in [5, 5.41) is 12.2. The number of nitriles is 1. The Labute approximate surface area is 133 Å². The number of rotatable bonds is 4. The Bertz CT molecular complexity index is 765. The Morgan fingerprint density at radius 1 is 1.18 bits per heavy atom. The number of hydrogen-bond acceptors (Lipinski definition) is 3. The lowest BCUT2D eigenvalue weighted by atomic mass is 9.92. The molecular weight excluding hydrogens is 300 g/mol. The molecule has 1 atom stereocenters. The monoisotopic (exact) mass is 312 g/mol. The van der Waals surface area contributed by atoms with Gasteiger partial charge in [0.05, 0.1) is 6.07 Å². The van der Waals surface area contributed by atoms with E-state index in [0.29, 0.717) is 16.3 Å². The highest BCUT2D eigenvalue weighted by atomic mass is 35.5. The molecular formula is C17H13ClN2O2. The Balaban J connectivity index is 2.21. The van der Waals surface area contributed by atoms with Gasteiger partial charge in [0.1, 0.15) is 5.92 Å². The molecule has 0 aliphatic rings. The number of ketones is 1. The number of anilines is 1. The fourth-order valence-electron chi connectivity index (χ4n) is 2.07. The highest BCUT2D eigenvalue weighted by molar-refractivity contribution is 6.43. The number of carbonyl (C=O) groups is 2. The van der Waals surface area contributed by atoms with Crippen LogP contribution in [0.2, 0.25) is 5.02 Å². The van der Waals surface area contributed by atoms with Gasteiger partial charge in [-0.3, -0.25) is 9.59 Å². The van der Waals surface area contributed by atoms with Crippen LogP contribution in [0.4, 0.5) is 5.69 Å². The van der Waals surface area contributed by atoms with Crippen molar-refractivity contribution >= 4 is 29.0 Å². The van der Waals surface area contributed by atoms with Gasteiger partial charge in [-0.2, -0.15) is 5.26 Å². The maximum atomic E-state index is 12.2. The van der Waals surface area contributed by atoms with E-state index in [1.165, 1.54) is 6.07 Å². The highest BCUT2D eigenvalue weighted by Gasteiger charge is 2.27. The second kappa shape index (κ2) is 6.88. The lowest BCUT2D eigenvalue weighted by Crippen LogP contribution is -2.28. The second-order valence-corrected chi connectivity index (χ2v) is 5.18. The van der Waals surface area contributed by atoms with Gasteiger partial charge >= 0.3 is 0 Å². The molecule has 0 aromatic heterocycles. The van der Waals surface area contributed by atoms with Crippen molar-refractivity contribution in [1.29, 1.82) is 5.26 Å². The molecule has 0 saturated carbocycles. The van der Waals surface area contributed by atoms with Crippen molar-refractivity contribution in [3.63, 3.8) is 0 Å². The summed E-state index contributed by atoms with van der Waals surface area (Å²) in [7, 11) is 0. The number of halogens is 1. The molecule has 0 spiro atoms. The molecule has 0 saturated heterocycles. The highest BCUT2D eigenvalue weighted by Crippen LogP contribution is 2.21.